The minimum atomic E-state index is -0.437. The van der Waals surface area contributed by atoms with E-state index in [1.54, 1.807) is 11.8 Å². The first-order valence-corrected chi connectivity index (χ1v) is 6.38. The second kappa shape index (κ2) is 2.14. The summed E-state index contributed by atoms with van der Waals surface area (Å²) in [5, 5.41) is 19.7. The van der Waals surface area contributed by atoms with Gasteiger partial charge in [0.25, 0.3) is 0 Å². The van der Waals surface area contributed by atoms with Gasteiger partial charge in [0.1, 0.15) is 5.76 Å². The number of benzene rings is 1. The Balaban J connectivity index is 1.96. The summed E-state index contributed by atoms with van der Waals surface area (Å²) < 4.78 is 5.43. The van der Waals surface area contributed by atoms with Crippen molar-refractivity contribution < 1.29 is 4.74 Å². The molecule has 2 saturated heterocycles. The molecule has 4 aliphatic rings. The quantitative estimate of drug-likeness (QED) is 0.662. The van der Waals surface area contributed by atoms with Gasteiger partial charge in [-0.25, -0.2) is 0 Å². The van der Waals surface area contributed by atoms with Gasteiger partial charge in [0, 0.05) is 16.0 Å². The molecule has 2 aliphatic carbocycles. The highest BCUT2D eigenvalue weighted by molar-refractivity contribution is 8.09. The second-order valence-corrected chi connectivity index (χ2v) is 6.13. The molecule has 4 heteroatoms. The number of thioether (sulfide) groups is 1. The fourth-order valence-corrected chi connectivity index (χ4v) is 4.39. The molecule has 0 saturated carbocycles. The van der Waals surface area contributed by atoms with E-state index in [-0.39, 0.29) is 11.4 Å². The van der Waals surface area contributed by atoms with Crippen molar-refractivity contribution in [3.8, 4) is 6.07 Å². The van der Waals surface area contributed by atoms with E-state index < -0.39 is 4.75 Å². The molecule has 1 N–H and O–H groups in total. The summed E-state index contributed by atoms with van der Waals surface area (Å²) in [6, 6.07) is 8.38. The van der Waals surface area contributed by atoms with E-state index >= 15 is 0 Å². The predicted molar refractivity (Wildman–Crippen MR) is 63.6 cm³/mol. The van der Waals surface area contributed by atoms with Crippen LogP contribution in [0.3, 0.4) is 0 Å². The van der Waals surface area contributed by atoms with Gasteiger partial charge in [-0.1, -0.05) is 30.0 Å². The molecule has 2 heterocycles. The lowest BCUT2D eigenvalue weighted by Gasteiger charge is -2.22. The van der Waals surface area contributed by atoms with Gasteiger partial charge in [-0.05, 0) is 5.57 Å². The first kappa shape index (κ1) is 8.37. The molecule has 1 aromatic carbocycles. The third-order valence-electron chi connectivity index (χ3n) is 4.12. The summed E-state index contributed by atoms with van der Waals surface area (Å²) >= 11 is 1.59. The highest BCUT2D eigenvalue weighted by Gasteiger charge is 2.73. The standard InChI is InChI=1S/C13H6N2OS/c14-4-13-9-8-7-5(10(8)15)2-1-3-6(7)11(9)16-12(13)17-13/h1-3,9,12,15H. The van der Waals surface area contributed by atoms with Crippen LogP contribution in [0.25, 0.3) is 11.3 Å². The van der Waals surface area contributed by atoms with E-state index in [0.717, 1.165) is 27.3 Å². The number of hydrogen-bond acceptors (Lipinski definition) is 4. The van der Waals surface area contributed by atoms with Crippen molar-refractivity contribution in [2.24, 2.45) is 5.92 Å². The van der Waals surface area contributed by atoms with Crippen LogP contribution in [0.5, 0.6) is 0 Å². The van der Waals surface area contributed by atoms with Crippen LogP contribution in [0.15, 0.2) is 18.2 Å². The minimum Gasteiger partial charge on any atom is -0.480 e. The fraction of sp³-hybridized carbons (Fsp3) is 0.231. The molecule has 2 aliphatic heterocycles. The molecule has 0 radical (unpaired) electrons. The number of rotatable bonds is 0. The molecule has 0 amide bonds. The molecule has 80 valence electrons. The largest absolute Gasteiger partial charge is 0.480 e. The SMILES string of the molecule is N#CC12SC1OC1=c3cccc4c3=C(C4=N)C12. The Bertz CT molecular complexity index is 804. The van der Waals surface area contributed by atoms with Crippen LogP contribution < -0.4 is 10.4 Å². The molecule has 0 aromatic heterocycles. The average Bonchev–Trinajstić information content (AvgIpc) is 2.83. The Morgan fingerprint density at radius 2 is 2.35 bits per heavy atom. The lowest BCUT2D eigenvalue weighted by molar-refractivity contribution is 0.300. The van der Waals surface area contributed by atoms with Crippen LogP contribution in [0, 0.1) is 22.7 Å². The summed E-state index contributed by atoms with van der Waals surface area (Å²) in [4.78, 5) is 0. The summed E-state index contributed by atoms with van der Waals surface area (Å²) in [5.41, 5.74) is 2.65. The van der Waals surface area contributed by atoms with Crippen molar-refractivity contribution in [2.45, 2.75) is 10.2 Å². The first-order chi connectivity index (χ1) is 8.28. The summed E-state index contributed by atoms with van der Waals surface area (Å²) in [5.74, 6) is 0.948. The number of hydrogen-bond donors (Lipinski definition) is 1. The van der Waals surface area contributed by atoms with Gasteiger partial charge in [-0.15, -0.1) is 0 Å². The molecular weight excluding hydrogens is 232 g/mol. The van der Waals surface area contributed by atoms with Crippen molar-refractivity contribution in [3.05, 3.63) is 34.2 Å². The lowest BCUT2D eigenvalue weighted by Crippen LogP contribution is -2.41. The Morgan fingerprint density at radius 1 is 1.47 bits per heavy atom. The highest BCUT2D eigenvalue weighted by Crippen LogP contribution is 2.69. The predicted octanol–water partition coefficient (Wildman–Crippen LogP) is 0.322. The highest BCUT2D eigenvalue weighted by atomic mass is 32.2. The van der Waals surface area contributed by atoms with Crippen LogP contribution >= 0.6 is 11.8 Å². The molecular formula is C13H6N2OS. The van der Waals surface area contributed by atoms with Crippen molar-refractivity contribution in [1.29, 1.82) is 10.7 Å². The molecule has 3 unspecified atom stereocenters. The van der Waals surface area contributed by atoms with Gasteiger partial charge in [-0.2, -0.15) is 5.26 Å². The summed E-state index contributed by atoms with van der Waals surface area (Å²) in [7, 11) is 0. The Labute approximate surface area is 101 Å². The minimum absolute atomic E-state index is 0.00907. The molecule has 3 atom stereocenters. The molecule has 0 bridgehead atoms. The molecule has 5 rings (SSSR count). The van der Waals surface area contributed by atoms with Crippen LogP contribution in [0.4, 0.5) is 0 Å². The van der Waals surface area contributed by atoms with Crippen molar-refractivity contribution in [3.63, 3.8) is 0 Å². The van der Waals surface area contributed by atoms with E-state index in [1.165, 1.54) is 0 Å². The maximum Gasteiger partial charge on any atom is 0.174 e. The average molecular weight is 238 g/mol. The normalized spacial score (nSPS) is 37.7. The Kier molecular flexibility index (Phi) is 1.05. The van der Waals surface area contributed by atoms with Gasteiger partial charge in [0.05, 0.1) is 17.7 Å². The monoisotopic (exact) mass is 238 g/mol. The van der Waals surface area contributed by atoms with E-state index in [2.05, 4.69) is 6.07 Å². The van der Waals surface area contributed by atoms with E-state index in [0.29, 0.717) is 5.71 Å². The van der Waals surface area contributed by atoms with E-state index in [4.69, 9.17) is 10.1 Å². The first-order valence-electron chi connectivity index (χ1n) is 5.50. The Morgan fingerprint density at radius 3 is 3.18 bits per heavy atom. The third kappa shape index (κ3) is 0.633. The third-order valence-corrected chi connectivity index (χ3v) is 5.48. The number of nitrogens with one attached hydrogen (secondary N) is 1. The van der Waals surface area contributed by atoms with Crippen molar-refractivity contribution in [1.82, 2.24) is 0 Å². The van der Waals surface area contributed by atoms with E-state index in [9.17, 15) is 5.26 Å². The second-order valence-electron chi connectivity index (χ2n) is 4.79. The maximum atomic E-state index is 9.37. The molecule has 2 fully saturated rings. The topological polar surface area (TPSA) is 56.9 Å². The van der Waals surface area contributed by atoms with Crippen LogP contribution in [-0.2, 0) is 4.74 Å². The molecule has 1 aromatic rings. The smallest absolute Gasteiger partial charge is 0.174 e. The number of fused-ring (bicyclic) bond motifs is 4. The Hall–Kier alpha value is -1.73. The fourth-order valence-electron chi connectivity index (χ4n) is 3.30. The van der Waals surface area contributed by atoms with Gasteiger partial charge < -0.3 is 4.74 Å². The maximum absolute atomic E-state index is 9.37. The van der Waals surface area contributed by atoms with Gasteiger partial charge in [0.2, 0.25) is 0 Å². The zero-order valence-electron chi connectivity index (χ0n) is 8.65. The summed E-state index contributed by atoms with van der Waals surface area (Å²) in [6.45, 7) is 0. The van der Waals surface area contributed by atoms with Crippen LogP contribution in [0.1, 0.15) is 5.56 Å². The number of ether oxygens (including phenoxy) is 1. The number of nitriles is 1. The van der Waals surface area contributed by atoms with Gasteiger partial charge >= 0.3 is 0 Å². The van der Waals surface area contributed by atoms with Gasteiger partial charge in [0.15, 0.2) is 10.2 Å². The van der Waals surface area contributed by atoms with Crippen molar-refractivity contribution >= 4 is 28.8 Å². The van der Waals surface area contributed by atoms with E-state index in [1.807, 2.05) is 18.2 Å². The molecule has 3 nitrogen and oxygen atoms in total. The molecule has 17 heavy (non-hydrogen) atoms. The van der Waals surface area contributed by atoms with Crippen molar-refractivity contribution in [2.75, 3.05) is 0 Å². The van der Waals surface area contributed by atoms with Crippen LogP contribution in [-0.4, -0.2) is 15.9 Å². The van der Waals surface area contributed by atoms with Crippen LogP contribution in [0.2, 0.25) is 0 Å². The molecule has 0 spiro atoms. The zero-order chi connectivity index (χ0) is 11.4. The summed E-state index contributed by atoms with van der Waals surface area (Å²) in [6.07, 6.45) is 0. The lowest BCUT2D eigenvalue weighted by atomic mass is 9.79. The number of nitrogens with zero attached hydrogens (tertiary/aromatic N) is 1. The zero-order valence-corrected chi connectivity index (χ0v) is 9.47. The van der Waals surface area contributed by atoms with Gasteiger partial charge in [-0.3, -0.25) is 5.41 Å².